The Hall–Kier alpha value is -1.51. The standard InChI is InChI=1S/C14H21NO2/c1-4-9-17-13-8-6-7-12(10-13)14(16)15-11(3)5-2/h6-8,10-11H,4-5,9H2,1-3H3,(H,15,16)/t11-/m0/s1. The van der Waals surface area contributed by atoms with E-state index in [1.807, 2.05) is 26.0 Å². The van der Waals surface area contributed by atoms with E-state index in [1.165, 1.54) is 0 Å². The number of hydrogen-bond acceptors (Lipinski definition) is 2. The summed E-state index contributed by atoms with van der Waals surface area (Å²) in [6.07, 6.45) is 1.89. The van der Waals surface area contributed by atoms with Crippen LogP contribution in [0, 0.1) is 0 Å². The summed E-state index contributed by atoms with van der Waals surface area (Å²) in [4.78, 5) is 11.9. The smallest absolute Gasteiger partial charge is 0.251 e. The van der Waals surface area contributed by atoms with Gasteiger partial charge < -0.3 is 10.1 Å². The van der Waals surface area contributed by atoms with E-state index in [4.69, 9.17) is 4.74 Å². The fourth-order valence-corrected chi connectivity index (χ4v) is 1.36. The van der Waals surface area contributed by atoms with Gasteiger partial charge in [-0.2, -0.15) is 0 Å². The molecule has 1 atom stereocenters. The predicted molar refractivity (Wildman–Crippen MR) is 69.4 cm³/mol. The van der Waals surface area contributed by atoms with Crippen LogP contribution in [0.2, 0.25) is 0 Å². The molecular weight excluding hydrogens is 214 g/mol. The van der Waals surface area contributed by atoms with Gasteiger partial charge in [0.05, 0.1) is 6.61 Å². The van der Waals surface area contributed by atoms with Crippen LogP contribution in [0.1, 0.15) is 44.0 Å². The van der Waals surface area contributed by atoms with E-state index < -0.39 is 0 Å². The normalized spacial score (nSPS) is 11.9. The highest BCUT2D eigenvalue weighted by molar-refractivity contribution is 5.94. The third kappa shape index (κ3) is 4.47. The highest BCUT2D eigenvalue weighted by Crippen LogP contribution is 2.13. The average Bonchev–Trinajstić information content (AvgIpc) is 2.36. The molecule has 0 aliphatic carbocycles. The molecule has 1 aromatic carbocycles. The van der Waals surface area contributed by atoms with Gasteiger partial charge in [0.1, 0.15) is 5.75 Å². The fraction of sp³-hybridized carbons (Fsp3) is 0.500. The number of carbonyl (C=O) groups is 1. The maximum absolute atomic E-state index is 11.9. The van der Waals surface area contributed by atoms with E-state index >= 15 is 0 Å². The Bertz CT molecular complexity index is 363. The first-order chi connectivity index (χ1) is 8.17. The summed E-state index contributed by atoms with van der Waals surface area (Å²) >= 11 is 0. The van der Waals surface area contributed by atoms with Crippen LogP contribution < -0.4 is 10.1 Å². The molecule has 0 aliphatic rings. The number of amides is 1. The van der Waals surface area contributed by atoms with Crippen molar-refractivity contribution in [2.24, 2.45) is 0 Å². The highest BCUT2D eigenvalue weighted by Gasteiger charge is 2.08. The number of nitrogens with one attached hydrogen (secondary N) is 1. The molecule has 94 valence electrons. The third-order valence-electron chi connectivity index (χ3n) is 2.56. The van der Waals surface area contributed by atoms with E-state index in [9.17, 15) is 4.79 Å². The highest BCUT2D eigenvalue weighted by atomic mass is 16.5. The van der Waals surface area contributed by atoms with Gasteiger partial charge in [-0.05, 0) is 38.0 Å². The summed E-state index contributed by atoms with van der Waals surface area (Å²) in [5.41, 5.74) is 0.652. The number of ether oxygens (including phenoxy) is 1. The molecule has 0 heterocycles. The molecule has 1 N–H and O–H groups in total. The number of rotatable bonds is 6. The Morgan fingerprint density at radius 3 is 2.82 bits per heavy atom. The molecule has 0 saturated carbocycles. The lowest BCUT2D eigenvalue weighted by atomic mass is 10.2. The first-order valence-corrected chi connectivity index (χ1v) is 6.21. The largest absolute Gasteiger partial charge is 0.494 e. The first-order valence-electron chi connectivity index (χ1n) is 6.21. The summed E-state index contributed by atoms with van der Waals surface area (Å²) in [7, 11) is 0. The third-order valence-corrected chi connectivity index (χ3v) is 2.56. The monoisotopic (exact) mass is 235 g/mol. The molecule has 0 unspecified atom stereocenters. The van der Waals surface area contributed by atoms with Crippen LogP contribution in [-0.4, -0.2) is 18.6 Å². The lowest BCUT2D eigenvalue weighted by molar-refractivity contribution is 0.0939. The van der Waals surface area contributed by atoms with Gasteiger partial charge in [-0.15, -0.1) is 0 Å². The summed E-state index contributed by atoms with van der Waals surface area (Å²) in [6, 6.07) is 7.50. The van der Waals surface area contributed by atoms with Gasteiger partial charge in [-0.1, -0.05) is 19.9 Å². The minimum atomic E-state index is -0.0405. The maximum atomic E-state index is 11.9. The minimum absolute atomic E-state index is 0.0405. The minimum Gasteiger partial charge on any atom is -0.494 e. The molecule has 0 aliphatic heterocycles. The zero-order chi connectivity index (χ0) is 12.7. The Labute approximate surface area is 103 Å². The Morgan fingerprint density at radius 2 is 2.18 bits per heavy atom. The number of carbonyl (C=O) groups excluding carboxylic acids is 1. The number of benzene rings is 1. The van der Waals surface area contributed by atoms with E-state index in [2.05, 4.69) is 12.2 Å². The van der Waals surface area contributed by atoms with Gasteiger partial charge in [-0.3, -0.25) is 4.79 Å². The maximum Gasteiger partial charge on any atom is 0.251 e. The van der Waals surface area contributed by atoms with Crippen LogP contribution in [0.3, 0.4) is 0 Å². The van der Waals surface area contributed by atoms with Crippen molar-refractivity contribution in [3.63, 3.8) is 0 Å². The van der Waals surface area contributed by atoms with Gasteiger partial charge in [0, 0.05) is 11.6 Å². The van der Waals surface area contributed by atoms with Gasteiger partial charge in [0.15, 0.2) is 0 Å². The van der Waals surface area contributed by atoms with Crippen molar-refractivity contribution in [1.29, 1.82) is 0 Å². The molecule has 1 amide bonds. The molecule has 0 aromatic heterocycles. The Balaban J connectivity index is 2.66. The van der Waals surface area contributed by atoms with Crippen LogP contribution in [0.5, 0.6) is 5.75 Å². The van der Waals surface area contributed by atoms with E-state index in [0.717, 1.165) is 18.6 Å². The van der Waals surface area contributed by atoms with Crippen molar-refractivity contribution in [3.8, 4) is 5.75 Å². The molecule has 0 fully saturated rings. The second kappa shape index (κ2) is 6.94. The van der Waals surface area contributed by atoms with Gasteiger partial charge >= 0.3 is 0 Å². The van der Waals surface area contributed by atoms with Crippen molar-refractivity contribution in [2.45, 2.75) is 39.7 Å². The topological polar surface area (TPSA) is 38.3 Å². The van der Waals surface area contributed by atoms with Crippen LogP contribution in [0.25, 0.3) is 0 Å². The van der Waals surface area contributed by atoms with Crippen molar-refractivity contribution >= 4 is 5.91 Å². The van der Waals surface area contributed by atoms with Crippen LogP contribution in [0.4, 0.5) is 0 Å². The molecular formula is C14H21NO2. The van der Waals surface area contributed by atoms with Crippen LogP contribution >= 0.6 is 0 Å². The van der Waals surface area contributed by atoms with E-state index in [1.54, 1.807) is 12.1 Å². The van der Waals surface area contributed by atoms with E-state index in [-0.39, 0.29) is 11.9 Å². The summed E-state index contributed by atoms with van der Waals surface area (Å²) in [6.45, 7) is 6.77. The van der Waals surface area contributed by atoms with Gasteiger partial charge in [0.25, 0.3) is 5.91 Å². The predicted octanol–water partition coefficient (Wildman–Crippen LogP) is 3.00. The zero-order valence-corrected chi connectivity index (χ0v) is 10.8. The molecule has 1 rings (SSSR count). The van der Waals surface area contributed by atoms with Gasteiger partial charge in [-0.25, -0.2) is 0 Å². The SMILES string of the molecule is CCCOc1cccc(C(=O)N[C@@H](C)CC)c1. The Morgan fingerprint density at radius 1 is 1.41 bits per heavy atom. The Kier molecular flexibility index (Phi) is 5.53. The van der Waals surface area contributed by atoms with Crippen molar-refractivity contribution in [3.05, 3.63) is 29.8 Å². The van der Waals surface area contributed by atoms with Crippen molar-refractivity contribution < 1.29 is 9.53 Å². The quantitative estimate of drug-likeness (QED) is 0.823. The molecule has 0 spiro atoms. The lowest BCUT2D eigenvalue weighted by Crippen LogP contribution is -2.31. The second-order valence-electron chi connectivity index (χ2n) is 4.16. The molecule has 3 nitrogen and oxygen atoms in total. The van der Waals surface area contributed by atoms with Crippen molar-refractivity contribution in [2.75, 3.05) is 6.61 Å². The number of hydrogen-bond donors (Lipinski definition) is 1. The molecule has 3 heteroatoms. The van der Waals surface area contributed by atoms with Crippen molar-refractivity contribution in [1.82, 2.24) is 5.32 Å². The molecule has 17 heavy (non-hydrogen) atoms. The van der Waals surface area contributed by atoms with Gasteiger partial charge in [0.2, 0.25) is 0 Å². The first kappa shape index (κ1) is 13.6. The average molecular weight is 235 g/mol. The van der Waals surface area contributed by atoms with E-state index in [0.29, 0.717) is 12.2 Å². The lowest BCUT2D eigenvalue weighted by Gasteiger charge is -2.12. The summed E-state index contributed by atoms with van der Waals surface area (Å²) in [5, 5.41) is 2.93. The molecule has 0 radical (unpaired) electrons. The zero-order valence-electron chi connectivity index (χ0n) is 10.8. The molecule has 0 saturated heterocycles. The summed E-state index contributed by atoms with van der Waals surface area (Å²) in [5.74, 6) is 0.713. The second-order valence-corrected chi connectivity index (χ2v) is 4.16. The summed E-state index contributed by atoms with van der Waals surface area (Å²) < 4.78 is 5.50. The molecule has 0 bridgehead atoms. The van der Waals surface area contributed by atoms with Crippen LogP contribution in [-0.2, 0) is 0 Å². The van der Waals surface area contributed by atoms with Crippen LogP contribution in [0.15, 0.2) is 24.3 Å². The molecule has 1 aromatic rings. The fourth-order valence-electron chi connectivity index (χ4n) is 1.36.